The van der Waals surface area contributed by atoms with Crippen molar-refractivity contribution in [2.45, 2.75) is 29.5 Å². The van der Waals surface area contributed by atoms with Crippen LogP contribution in [0.15, 0.2) is 24.3 Å². The van der Waals surface area contributed by atoms with Crippen LogP contribution in [0, 0.1) is 0 Å². The fourth-order valence-electron chi connectivity index (χ4n) is 2.49. The quantitative estimate of drug-likeness (QED) is 0.285. The summed E-state index contributed by atoms with van der Waals surface area (Å²) in [6.45, 7) is 3.45. The van der Waals surface area contributed by atoms with Crippen LogP contribution in [-0.2, 0) is 0 Å². The topological polar surface area (TPSA) is 40.6 Å². The molecule has 0 saturated carbocycles. The lowest BCUT2D eigenvalue weighted by atomic mass is 10.1. The van der Waals surface area contributed by atoms with Crippen LogP contribution in [-0.4, -0.2) is 45.1 Å². The molecule has 0 aromatic heterocycles. The molecule has 6 heteroatoms. The van der Waals surface area contributed by atoms with E-state index >= 15 is 0 Å². The standard InChI is InChI=1S/C16H20Br2N2O2/c1-3-16(17,18)19(2)10-6-7-11-20-14(21)12-8-4-5-9-13(12)15(20)22/h4-5,8-9H,3,6-7,10-11H2,1-2H3. The second-order valence-corrected chi connectivity index (χ2v) is 9.14. The molecule has 0 radical (unpaired) electrons. The maximum Gasteiger partial charge on any atom is 0.261 e. The predicted octanol–water partition coefficient (Wildman–Crippen LogP) is 3.85. The Morgan fingerprint density at radius 2 is 1.64 bits per heavy atom. The number of imide groups is 1. The van der Waals surface area contributed by atoms with Gasteiger partial charge in [0.2, 0.25) is 0 Å². The van der Waals surface area contributed by atoms with E-state index in [-0.39, 0.29) is 15.2 Å². The molecule has 1 aliphatic rings. The largest absolute Gasteiger partial charge is 0.283 e. The minimum atomic E-state index is -0.185. The lowest BCUT2D eigenvalue weighted by molar-refractivity contribution is 0.0650. The molecule has 2 amide bonds. The number of alkyl halides is 2. The first kappa shape index (κ1) is 17.6. The van der Waals surface area contributed by atoms with Gasteiger partial charge in [-0.1, -0.05) is 50.9 Å². The first-order valence-corrected chi connectivity index (χ1v) is 9.01. The maximum atomic E-state index is 12.2. The van der Waals surface area contributed by atoms with Gasteiger partial charge in [-0.2, -0.15) is 0 Å². The number of hydrogen-bond acceptors (Lipinski definition) is 3. The van der Waals surface area contributed by atoms with E-state index in [2.05, 4.69) is 43.7 Å². The van der Waals surface area contributed by atoms with Crippen LogP contribution in [0.1, 0.15) is 46.9 Å². The summed E-state index contributed by atoms with van der Waals surface area (Å²) in [7, 11) is 2.04. The number of nitrogens with zero attached hydrogens (tertiary/aromatic N) is 2. The highest BCUT2D eigenvalue weighted by Gasteiger charge is 2.34. The van der Waals surface area contributed by atoms with E-state index in [0.29, 0.717) is 17.7 Å². The molecule has 0 spiro atoms. The number of hydrogen-bond donors (Lipinski definition) is 0. The summed E-state index contributed by atoms with van der Waals surface area (Å²) < 4.78 is -0.185. The molecular weight excluding hydrogens is 412 g/mol. The average Bonchev–Trinajstić information content (AvgIpc) is 2.76. The Hall–Kier alpha value is -0.720. The number of unbranched alkanes of at least 4 members (excludes halogenated alkanes) is 1. The molecule has 2 rings (SSSR count). The lowest BCUT2D eigenvalue weighted by Gasteiger charge is -2.30. The molecule has 22 heavy (non-hydrogen) atoms. The van der Waals surface area contributed by atoms with E-state index in [0.717, 1.165) is 25.8 Å². The molecule has 1 heterocycles. The van der Waals surface area contributed by atoms with Crippen molar-refractivity contribution >= 4 is 43.7 Å². The zero-order valence-electron chi connectivity index (χ0n) is 12.8. The Labute approximate surface area is 148 Å². The molecule has 1 aromatic rings. The van der Waals surface area contributed by atoms with Gasteiger partial charge in [-0.25, -0.2) is 0 Å². The molecule has 0 bridgehead atoms. The third kappa shape index (κ3) is 3.60. The first-order valence-electron chi connectivity index (χ1n) is 7.42. The maximum absolute atomic E-state index is 12.2. The number of benzene rings is 1. The Morgan fingerprint density at radius 1 is 1.09 bits per heavy atom. The normalized spacial score (nSPS) is 14.9. The molecule has 0 saturated heterocycles. The number of halogens is 2. The van der Waals surface area contributed by atoms with Crippen molar-refractivity contribution in [1.29, 1.82) is 0 Å². The van der Waals surface area contributed by atoms with Crippen LogP contribution in [0.25, 0.3) is 0 Å². The Kier molecular flexibility index (Phi) is 5.80. The number of carbonyl (C=O) groups is 2. The van der Waals surface area contributed by atoms with Gasteiger partial charge in [-0.3, -0.25) is 19.4 Å². The van der Waals surface area contributed by atoms with Crippen molar-refractivity contribution in [3.63, 3.8) is 0 Å². The predicted molar refractivity (Wildman–Crippen MR) is 94.5 cm³/mol. The molecule has 0 aliphatic carbocycles. The zero-order chi connectivity index (χ0) is 16.3. The second-order valence-electron chi connectivity index (χ2n) is 5.46. The monoisotopic (exact) mass is 430 g/mol. The molecule has 0 fully saturated rings. The Morgan fingerprint density at radius 3 is 2.14 bits per heavy atom. The summed E-state index contributed by atoms with van der Waals surface area (Å²) in [6, 6.07) is 7.01. The Balaban J connectivity index is 1.84. The highest BCUT2D eigenvalue weighted by molar-refractivity contribution is 9.25. The number of carbonyl (C=O) groups excluding carboxylic acids is 2. The lowest BCUT2D eigenvalue weighted by Crippen LogP contribution is -2.36. The van der Waals surface area contributed by atoms with Crippen LogP contribution in [0.4, 0.5) is 0 Å². The van der Waals surface area contributed by atoms with Crippen molar-refractivity contribution < 1.29 is 9.59 Å². The van der Waals surface area contributed by atoms with Gasteiger partial charge in [0.25, 0.3) is 11.8 Å². The van der Waals surface area contributed by atoms with Crippen molar-refractivity contribution in [3.05, 3.63) is 35.4 Å². The number of rotatable bonds is 7. The minimum Gasteiger partial charge on any atom is -0.283 e. The average molecular weight is 432 g/mol. The van der Waals surface area contributed by atoms with Gasteiger partial charge >= 0.3 is 0 Å². The summed E-state index contributed by atoms with van der Waals surface area (Å²) >= 11 is 7.25. The van der Waals surface area contributed by atoms with Gasteiger partial charge in [0.1, 0.15) is 3.36 Å². The van der Waals surface area contributed by atoms with E-state index in [9.17, 15) is 9.59 Å². The van der Waals surface area contributed by atoms with E-state index in [1.165, 1.54) is 4.90 Å². The van der Waals surface area contributed by atoms with Crippen LogP contribution < -0.4 is 0 Å². The van der Waals surface area contributed by atoms with E-state index in [1.807, 2.05) is 7.05 Å². The fraction of sp³-hybridized carbons (Fsp3) is 0.500. The third-order valence-corrected chi connectivity index (χ3v) is 6.32. The van der Waals surface area contributed by atoms with Crippen LogP contribution in [0.5, 0.6) is 0 Å². The molecule has 1 aliphatic heterocycles. The van der Waals surface area contributed by atoms with Crippen LogP contribution in [0.3, 0.4) is 0 Å². The Bertz CT molecular complexity index is 540. The SMILES string of the molecule is CCC(Br)(Br)N(C)CCCCN1C(=O)c2ccccc2C1=O. The van der Waals surface area contributed by atoms with Crippen LogP contribution in [0.2, 0.25) is 0 Å². The minimum absolute atomic E-state index is 0.169. The highest BCUT2D eigenvalue weighted by atomic mass is 79.9. The van der Waals surface area contributed by atoms with Crippen molar-refractivity contribution in [1.82, 2.24) is 9.80 Å². The molecule has 0 unspecified atom stereocenters. The fourth-order valence-corrected chi connectivity index (χ4v) is 2.85. The van der Waals surface area contributed by atoms with Gasteiger partial charge in [0.15, 0.2) is 0 Å². The second kappa shape index (κ2) is 7.23. The molecule has 1 aromatic carbocycles. The summed E-state index contributed by atoms with van der Waals surface area (Å²) in [4.78, 5) is 28.0. The summed E-state index contributed by atoms with van der Waals surface area (Å²) in [5, 5.41) is 0. The molecule has 0 N–H and O–H groups in total. The zero-order valence-corrected chi connectivity index (χ0v) is 16.0. The molecular formula is C16H20Br2N2O2. The van der Waals surface area contributed by atoms with Gasteiger partial charge in [0.05, 0.1) is 11.1 Å². The smallest absolute Gasteiger partial charge is 0.261 e. The van der Waals surface area contributed by atoms with Crippen molar-refractivity contribution in [3.8, 4) is 0 Å². The number of fused-ring (bicyclic) bond motifs is 1. The number of amides is 2. The van der Waals surface area contributed by atoms with Crippen LogP contribution >= 0.6 is 31.9 Å². The summed E-state index contributed by atoms with van der Waals surface area (Å²) in [5.41, 5.74) is 1.05. The summed E-state index contributed by atoms with van der Waals surface area (Å²) in [5.74, 6) is -0.337. The first-order chi connectivity index (χ1) is 10.4. The van der Waals surface area contributed by atoms with Gasteiger partial charge < -0.3 is 0 Å². The van der Waals surface area contributed by atoms with Gasteiger partial charge in [0, 0.05) is 13.1 Å². The van der Waals surface area contributed by atoms with Gasteiger partial charge in [-0.05, 0) is 38.4 Å². The van der Waals surface area contributed by atoms with Crippen molar-refractivity contribution in [2.75, 3.05) is 20.1 Å². The molecule has 120 valence electrons. The third-order valence-electron chi connectivity index (χ3n) is 3.99. The van der Waals surface area contributed by atoms with Gasteiger partial charge in [-0.15, -0.1) is 0 Å². The molecule has 0 atom stereocenters. The van der Waals surface area contributed by atoms with Crippen molar-refractivity contribution in [2.24, 2.45) is 0 Å². The van der Waals surface area contributed by atoms with E-state index in [4.69, 9.17) is 0 Å². The van der Waals surface area contributed by atoms with E-state index < -0.39 is 0 Å². The molecule has 4 nitrogen and oxygen atoms in total. The highest BCUT2D eigenvalue weighted by Crippen LogP contribution is 2.33. The summed E-state index contributed by atoms with van der Waals surface area (Å²) in [6.07, 6.45) is 2.65. The van der Waals surface area contributed by atoms with E-state index in [1.54, 1.807) is 24.3 Å².